The highest BCUT2D eigenvalue weighted by molar-refractivity contribution is 6.17. The Morgan fingerprint density at radius 2 is 2.18 bits per heavy atom. The van der Waals surface area contributed by atoms with Gasteiger partial charge < -0.3 is 10.1 Å². The number of hydrogen-bond acceptors (Lipinski definition) is 4. The lowest BCUT2D eigenvalue weighted by atomic mass is 9.94. The quantitative estimate of drug-likeness (QED) is 0.391. The van der Waals surface area contributed by atoms with Crippen LogP contribution in [0.2, 0.25) is 0 Å². The van der Waals surface area contributed by atoms with Gasteiger partial charge in [-0.05, 0) is 43.0 Å². The number of unbranched alkanes of at least 4 members (excludes halogenated alkanes) is 1. The zero-order chi connectivity index (χ0) is 16.1. The Morgan fingerprint density at radius 1 is 1.41 bits per heavy atom. The molecule has 1 aromatic carbocycles. The van der Waals surface area contributed by atoms with Gasteiger partial charge in [0.25, 0.3) is 0 Å². The average Bonchev–Trinajstić information content (AvgIpc) is 2.53. The predicted octanol–water partition coefficient (Wildman–Crippen LogP) is 3.08. The van der Waals surface area contributed by atoms with E-state index in [9.17, 15) is 14.0 Å². The lowest BCUT2D eigenvalue weighted by molar-refractivity contribution is -0.135. The summed E-state index contributed by atoms with van der Waals surface area (Å²) in [5.74, 6) is 1.23. The molecule has 22 heavy (non-hydrogen) atoms. The summed E-state index contributed by atoms with van der Waals surface area (Å²) in [5, 5.41) is 2.92. The Hall–Kier alpha value is -2.10. The zero-order valence-corrected chi connectivity index (χ0v) is 12.8. The van der Waals surface area contributed by atoms with Crippen LogP contribution in [0.25, 0.3) is 5.57 Å². The molecule has 0 radical (unpaired) electrons. The molecule has 6 heteroatoms. The van der Waals surface area contributed by atoms with Gasteiger partial charge in [0.05, 0.1) is 18.4 Å². The van der Waals surface area contributed by atoms with Crippen LogP contribution in [0, 0.1) is 5.82 Å². The molecule has 116 valence electrons. The van der Waals surface area contributed by atoms with E-state index in [1.807, 2.05) is 0 Å². The van der Waals surface area contributed by atoms with Crippen LogP contribution in [0.4, 0.5) is 10.1 Å². The topological polar surface area (TPSA) is 55.4 Å². The Kier molecular flexibility index (Phi) is 5.36. The highest BCUT2D eigenvalue weighted by Gasteiger charge is 2.23. The number of alkyl halides is 1. The van der Waals surface area contributed by atoms with Crippen LogP contribution >= 0.6 is 11.6 Å². The number of benzene rings is 1. The van der Waals surface area contributed by atoms with E-state index in [1.165, 1.54) is 25.3 Å². The largest absolute Gasteiger partial charge is 0.464 e. The Balaban J connectivity index is 2.46. The minimum atomic E-state index is -0.602. The van der Waals surface area contributed by atoms with Crippen LogP contribution in [-0.2, 0) is 20.7 Å². The number of halogens is 2. The van der Waals surface area contributed by atoms with Gasteiger partial charge in [-0.15, -0.1) is 11.6 Å². The molecule has 0 bridgehead atoms. The van der Waals surface area contributed by atoms with Gasteiger partial charge in [0.1, 0.15) is 17.5 Å². The maximum absolute atomic E-state index is 13.8. The van der Waals surface area contributed by atoms with Gasteiger partial charge in [-0.2, -0.15) is 0 Å². The molecule has 0 amide bonds. The van der Waals surface area contributed by atoms with E-state index in [2.05, 4.69) is 10.1 Å². The molecule has 1 heterocycles. The summed E-state index contributed by atoms with van der Waals surface area (Å²) in [6, 6.07) is 2.64. The summed E-state index contributed by atoms with van der Waals surface area (Å²) in [4.78, 5) is 22.8. The van der Waals surface area contributed by atoms with E-state index in [0.29, 0.717) is 29.1 Å². The highest BCUT2D eigenvalue weighted by Crippen LogP contribution is 2.35. The molecular formula is C16H15ClFNO3. The first-order valence-corrected chi connectivity index (χ1v) is 7.35. The number of ether oxygens (including phenoxy) is 1. The normalized spacial score (nSPS) is 12.9. The van der Waals surface area contributed by atoms with Crippen molar-refractivity contribution >= 4 is 34.8 Å². The van der Waals surface area contributed by atoms with Crippen molar-refractivity contribution in [3.63, 3.8) is 0 Å². The third-order valence-corrected chi connectivity index (χ3v) is 3.64. The van der Waals surface area contributed by atoms with E-state index >= 15 is 0 Å². The first-order valence-electron chi connectivity index (χ1n) is 6.81. The molecule has 1 N–H and O–H groups in total. The third-order valence-electron chi connectivity index (χ3n) is 3.37. The fourth-order valence-corrected chi connectivity index (χ4v) is 2.52. The average molecular weight is 324 g/mol. The van der Waals surface area contributed by atoms with Crippen molar-refractivity contribution in [3.05, 3.63) is 40.8 Å². The number of aryl methyl sites for hydroxylation is 1. The molecule has 4 nitrogen and oxygen atoms in total. The Labute approximate surface area is 132 Å². The maximum Gasteiger partial charge on any atom is 0.354 e. The van der Waals surface area contributed by atoms with Crippen LogP contribution in [-0.4, -0.2) is 24.9 Å². The van der Waals surface area contributed by atoms with Crippen molar-refractivity contribution in [1.82, 2.24) is 0 Å². The minimum Gasteiger partial charge on any atom is -0.464 e. The number of methoxy groups -OCH3 is 1. The van der Waals surface area contributed by atoms with Crippen LogP contribution in [0.3, 0.4) is 0 Å². The first-order chi connectivity index (χ1) is 10.6. The summed E-state index contributed by atoms with van der Waals surface area (Å²) in [5.41, 5.74) is 1.86. The molecule has 0 spiro atoms. The van der Waals surface area contributed by atoms with E-state index in [0.717, 1.165) is 12.8 Å². The summed E-state index contributed by atoms with van der Waals surface area (Å²) in [7, 11) is 1.25. The van der Waals surface area contributed by atoms with Crippen LogP contribution in [0.1, 0.15) is 24.0 Å². The smallest absolute Gasteiger partial charge is 0.354 e. The number of hydrogen-bond donors (Lipinski definition) is 1. The molecule has 1 aliphatic heterocycles. The molecule has 0 saturated heterocycles. The van der Waals surface area contributed by atoms with E-state index in [1.54, 1.807) is 5.94 Å². The summed E-state index contributed by atoms with van der Waals surface area (Å²) in [6.07, 6.45) is 3.46. The lowest BCUT2D eigenvalue weighted by Crippen LogP contribution is -2.18. The standard InChI is InChI=1S/C16H15ClFNO3/c1-22-16(21)14-7-11(9-20)13-8-12(18)6-10(15(13)19-14)4-2-3-5-17/h6-8,19H,2-5H2,1H3. The molecule has 0 atom stereocenters. The van der Waals surface area contributed by atoms with Gasteiger partial charge in [-0.1, -0.05) is 0 Å². The van der Waals surface area contributed by atoms with E-state index < -0.39 is 11.8 Å². The highest BCUT2D eigenvalue weighted by atomic mass is 35.5. The van der Waals surface area contributed by atoms with Crippen molar-refractivity contribution in [3.8, 4) is 0 Å². The molecule has 0 aliphatic carbocycles. The molecule has 0 unspecified atom stereocenters. The SMILES string of the molecule is COC(=O)C1=CC(=C=O)c2cc(F)cc(CCCCCl)c2N1. The maximum atomic E-state index is 13.8. The van der Waals surface area contributed by atoms with Crippen molar-refractivity contribution in [2.24, 2.45) is 0 Å². The van der Waals surface area contributed by atoms with Crippen molar-refractivity contribution in [2.75, 3.05) is 18.3 Å². The summed E-state index contributed by atoms with van der Waals surface area (Å²) in [6.45, 7) is 0. The van der Waals surface area contributed by atoms with Gasteiger partial charge in [0.2, 0.25) is 0 Å². The van der Waals surface area contributed by atoms with Crippen LogP contribution in [0.15, 0.2) is 23.9 Å². The van der Waals surface area contributed by atoms with Gasteiger partial charge in [0.15, 0.2) is 0 Å². The number of anilines is 1. The first kappa shape index (κ1) is 16.3. The monoisotopic (exact) mass is 323 g/mol. The molecule has 1 aromatic rings. The fourth-order valence-electron chi connectivity index (χ4n) is 2.33. The number of allylic oxidation sites excluding steroid dienone is 2. The third kappa shape index (κ3) is 3.38. The molecule has 1 aliphatic rings. The molecular weight excluding hydrogens is 309 g/mol. The Bertz CT molecular complexity index is 678. The van der Waals surface area contributed by atoms with E-state index in [4.69, 9.17) is 11.6 Å². The van der Waals surface area contributed by atoms with E-state index in [-0.39, 0.29) is 11.3 Å². The van der Waals surface area contributed by atoms with Crippen molar-refractivity contribution in [2.45, 2.75) is 19.3 Å². The van der Waals surface area contributed by atoms with Gasteiger partial charge >= 0.3 is 5.97 Å². The van der Waals surface area contributed by atoms with Gasteiger partial charge in [-0.25, -0.2) is 14.0 Å². The number of carbonyl (C=O) groups excluding carboxylic acids is 2. The van der Waals surface area contributed by atoms with Gasteiger partial charge in [-0.3, -0.25) is 0 Å². The Morgan fingerprint density at radius 3 is 2.82 bits per heavy atom. The molecule has 0 saturated carbocycles. The minimum absolute atomic E-state index is 0.118. The molecule has 0 fully saturated rings. The number of carbonyl (C=O) groups is 1. The molecule has 0 aromatic heterocycles. The lowest BCUT2D eigenvalue weighted by Gasteiger charge is -2.21. The molecule has 2 rings (SSSR count). The second kappa shape index (κ2) is 7.25. The predicted molar refractivity (Wildman–Crippen MR) is 82.9 cm³/mol. The van der Waals surface area contributed by atoms with Crippen molar-refractivity contribution < 1.29 is 18.7 Å². The number of esters is 1. The summed E-state index contributed by atoms with van der Waals surface area (Å²) < 4.78 is 18.4. The summed E-state index contributed by atoms with van der Waals surface area (Å²) >= 11 is 5.66. The number of nitrogens with one attached hydrogen (secondary N) is 1. The fraction of sp³-hybridized carbons (Fsp3) is 0.312. The van der Waals surface area contributed by atoms with Crippen molar-refractivity contribution in [1.29, 1.82) is 0 Å². The second-order valence-electron chi connectivity index (χ2n) is 4.82. The zero-order valence-electron chi connectivity index (χ0n) is 12.0. The van der Waals surface area contributed by atoms with Crippen LogP contribution < -0.4 is 5.32 Å². The van der Waals surface area contributed by atoms with Crippen LogP contribution in [0.5, 0.6) is 0 Å². The second-order valence-corrected chi connectivity index (χ2v) is 5.20. The van der Waals surface area contributed by atoms with Gasteiger partial charge in [0, 0.05) is 11.4 Å². The number of rotatable bonds is 5. The number of fused-ring (bicyclic) bond motifs is 1.